The molecule has 20 heavy (non-hydrogen) atoms. The number of carboxylic acids is 1. The van der Waals surface area contributed by atoms with Crippen molar-refractivity contribution in [3.63, 3.8) is 0 Å². The van der Waals surface area contributed by atoms with Crippen molar-refractivity contribution >= 4 is 23.2 Å². The van der Waals surface area contributed by atoms with Gasteiger partial charge in [-0.2, -0.15) is 5.10 Å². The fourth-order valence-corrected chi connectivity index (χ4v) is 3.38. The van der Waals surface area contributed by atoms with Gasteiger partial charge in [-0.05, 0) is 29.5 Å². The van der Waals surface area contributed by atoms with Gasteiger partial charge >= 0.3 is 5.97 Å². The Kier molecular flexibility index (Phi) is 3.06. The summed E-state index contributed by atoms with van der Waals surface area (Å²) in [6, 6.07) is 2.47. The van der Waals surface area contributed by atoms with Crippen molar-refractivity contribution in [2.45, 2.75) is 12.5 Å². The molecule has 1 aliphatic heterocycles. The smallest absolute Gasteiger partial charge is 0.331 e. The Morgan fingerprint density at radius 1 is 1.45 bits per heavy atom. The van der Waals surface area contributed by atoms with Gasteiger partial charge in [-0.1, -0.05) is 0 Å². The third kappa shape index (κ3) is 2.00. The SMILES string of the molecule is Cn1ccc(C(=O)N2CCc3sccc3C2C(=O)O)n1. The Hall–Kier alpha value is -2.15. The van der Waals surface area contributed by atoms with Crippen LogP contribution < -0.4 is 0 Å². The van der Waals surface area contributed by atoms with Crippen LogP contribution in [0.5, 0.6) is 0 Å². The first kappa shape index (κ1) is 12.9. The predicted molar refractivity (Wildman–Crippen MR) is 72.6 cm³/mol. The number of hydrogen-bond acceptors (Lipinski definition) is 4. The van der Waals surface area contributed by atoms with E-state index in [1.165, 1.54) is 20.9 Å². The highest BCUT2D eigenvalue weighted by Crippen LogP contribution is 2.34. The van der Waals surface area contributed by atoms with E-state index >= 15 is 0 Å². The van der Waals surface area contributed by atoms with Gasteiger partial charge in [0.1, 0.15) is 5.69 Å². The molecule has 3 heterocycles. The van der Waals surface area contributed by atoms with Crippen LogP contribution in [0.15, 0.2) is 23.7 Å². The van der Waals surface area contributed by atoms with Crippen LogP contribution in [0.2, 0.25) is 0 Å². The lowest BCUT2D eigenvalue weighted by Crippen LogP contribution is -2.43. The molecule has 3 rings (SSSR count). The van der Waals surface area contributed by atoms with Crippen LogP contribution in [0.3, 0.4) is 0 Å². The van der Waals surface area contributed by atoms with E-state index in [-0.39, 0.29) is 11.6 Å². The molecule has 2 aromatic rings. The third-order valence-electron chi connectivity index (χ3n) is 3.39. The summed E-state index contributed by atoms with van der Waals surface area (Å²) in [5.41, 5.74) is 0.996. The van der Waals surface area contributed by atoms with E-state index < -0.39 is 12.0 Å². The van der Waals surface area contributed by atoms with E-state index in [0.717, 1.165) is 10.4 Å². The summed E-state index contributed by atoms with van der Waals surface area (Å²) in [4.78, 5) is 26.4. The van der Waals surface area contributed by atoms with Crippen molar-refractivity contribution in [1.29, 1.82) is 0 Å². The Labute approximate surface area is 119 Å². The van der Waals surface area contributed by atoms with E-state index in [0.29, 0.717) is 13.0 Å². The Morgan fingerprint density at radius 3 is 2.90 bits per heavy atom. The molecule has 1 atom stereocenters. The van der Waals surface area contributed by atoms with Gasteiger partial charge in [-0.3, -0.25) is 9.48 Å². The van der Waals surface area contributed by atoms with Crippen LogP contribution in [0.25, 0.3) is 0 Å². The second-order valence-corrected chi connectivity index (χ2v) is 5.66. The lowest BCUT2D eigenvalue weighted by molar-refractivity contribution is -0.142. The largest absolute Gasteiger partial charge is 0.479 e. The van der Waals surface area contributed by atoms with Crippen molar-refractivity contribution < 1.29 is 14.7 Å². The molecule has 104 valence electrons. The highest BCUT2D eigenvalue weighted by Gasteiger charge is 2.37. The monoisotopic (exact) mass is 291 g/mol. The number of carbonyl (C=O) groups excluding carboxylic acids is 1. The summed E-state index contributed by atoms with van der Waals surface area (Å²) >= 11 is 1.54. The first-order valence-electron chi connectivity index (χ1n) is 6.17. The minimum atomic E-state index is -1.01. The number of carbonyl (C=O) groups is 2. The summed E-state index contributed by atoms with van der Waals surface area (Å²) in [5, 5.41) is 15.4. The minimum absolute atomic E-state index is 0.275. The van der Waals surface area contributed by atoms with E-state index in [9.17, 15) is 14.7 Å². The van der Waals surface area contributed by atoms with E-state index in [1.54, 1.807) is 25.4 Å². The lowest BCUT2D eigenvalue weighted by Gasteiger charge is -2.32. The zero-order valence-electron chi connectivity index (χ0n) is 10.8. The number of nitrogens with zero attached hydrogens (tertiary/aromatic N) is 3. The number of carboxylic acid groups (broad SMARTS) is 1. The number of aliphatic carboxylic acids is 1. The fraction of sp³-hybridized carbons (Fsp3) is 0.308. The van der Waals surface area contributed by atoms with Crippen LogP contribution in [0, 0.1) is 0 Å². The van der Waals surface area contributed by atoms with Crippen molar-refractivity contribution in [2.75, 3.05) is 6.54 Å². The molecule has 1 amide bonds. The molecule has 6 nitrogen and oxygen atoms in total. The number of aryl methyl sites for hydroxylation is 1. The molecule has 0 spiro atoms. The van der Waals surface area contributed by atoms with Gasteiger partial charge in [0.05, 0.1) is 0 Å². The molecule has 0 aromatic carbocycles. The molecule has 0 bridgehead atoms. The molecule has 1 unspecified atom stereocenters. The second kappa shape index (κ2) is 4.75. The van der Waals surface area contributed by atoms with Crippen LogP contribution in [-0.4, -0.2) is 38.2 Å². The van der Waals surface area contributed by atoms with Gasteiger partial charge < -0.3 is 10.0 Å². The molecule has 0 saturated carbocycles. The zero-order valence-corrected chi connectivity index (χ0v) is 11.6. The summed E-state index contributed by atoms with van der Waals surface area (Å²) in [7, 11) is 1.72. The van der Waals surface area contributed by atoms with Gasteiger partial charge in [-0.15, -0.1) is 11.3 Å². The quantitative estimate of drug-likeness (QED) is 0.905. The number of fused-ring (bicyclic) bond motifs is 1. The van der Waals surface area contributed by atoms with Gasteiger partial charge in [-0.25, -0.2) is 4.79 Å². The summed E-state index contributed by atoms with van der Waals surface area (Å²) in [6.45, 7) is 0.403. The average Bonchev–Trinajstić information content (AvgIpc) is 3.04. The Balaban J connectivity index is 1.97. The minimum Gasteiger partial charge on any atom is -0.479 e. The molecular weight excluding hydrogens is 278 g/mol. The standard InChI is InChI=1S/C13H13N3O3S/c1-15-5-2-9(14-15)12(17)16-6-3-10-8(4-7-20-10)11(16)13(18)19/h2,4-5,7,11H,3,6H2,1H3,(H,18,19). The van der Waals surface area contributed by atoms with Crippen LogP contribution in [0.4, 0.5) is 0 Å². The van der Waals surface area contributed by atoms with E-state index in [2.05, 4.69) is 5.10 Å². The normalized spacial score (nSPS) is 17.9. The van der Waals surface area contributed by atoms with E-state index in [4.69, 9.17) is 0 Å². The zero-order chi connectivity index (χ0) is 14.3. The maximum Gasteiger partial charge on any atom is 0.331 e. The molecule has 0 aliphatic carbocycles. The van der Waals surface area contributed by atoms with Crippen molar-refractivity contribution in [3.05, 3.63) is 39.8 Å². The summed E-state index contributed by atoms with van der Waals surface area (Å²) in [5.74, 6) is -1.34. The maximum atomic E-state index is 12.4. The lowest BCUT2D eigenvalue weighted by atomic mass is 9.99. The summed E-state index contributed by atoms with van der Waals surface area (Å²) < 4.78 is 1.53. The van der Waals surface area contributed by atoms with Crippen LogP contribution in [0.1, 0.15) is 27.0 Å². The first-order chi connectivity index (χ1) is 9.58. The molecular formula is C13H13N3O3S. The van der Waals surface area contributed by atoms with E-state index in [1.807, 2.05) is 5.38 Å². The second-order valence-electron chi connectivity index (χ2n) is 4.66. The Morgan fingerprint density at radius 2 is 2.25 bits per heavy atom. The van der Waals surface area contributed by atoms with Gasteiger partial charge in [0.2, 0.25) is 0 Å². The highest BCUT2D eigenvalue weighted by molar-refractivity contribution is 7.10. The molecule has 2 aromatic heterocycles. The fourth-order valence-electron chi connectivity index (χ4n) is 2.48. The average molecular weight is 291 g/mol. The molecule has 0 saturated heterocycles. The third-order valence-corrected chi connectivity index (χ3v) is 4.39. The summed E-state index contributed by atoms with van der Waals surface area (Å²) in [6.07, 6.45) is 2.36. The number of thiophene rings is 1. The van der Waals surface area contributed by atoms with Gasteiger partial charge in [0.25, 0.3) is 5.91 Å². The molecule has 0 fully saturated rings. The molecule has 1 N–H and O–H groups in total. The number of hydrogen-bond donors (Lipinski definition) is 1. The number of amides is 1. The van der Waals surface area contributed by atoms with Crippen molar-refractivity contribution in [3.8, 4) is 0 Å². The van der Waals surface area contributed by atoms with Gasteiger partial charge in [0.15, 0.2) is 6.04 Å². The first-order valence-corrected chi connectivity index (χ1v) is 7.05. The topological polar surface area (TPSA) is 75.4 Å². The van der Waals surface area contributed by atoms with Crippen LogP contribution in [-0.2, 0) is 18.3 Å². The number of aromatic nitrogens is 2. The Bertz CT molecular complexity index is 676. The highest BCUT2D eigenvalue weighted by atomic mass is 32.1. The molecule has 7 heteroatoms. The van der Waals surface area contributed by atoms with Gasteiger partial charge in [0, 0.05) is 24.7 Å². The number of rotatable bonds is 2. The maximum absolute atomic E-state index is 12.4. The molecule has 0 radical (unpaired) electrons. The molecule has 1 aliphatic rings. The van der Waals surface area contributed by atoms with Crippen molar-refractivity contribution in [1.82, 2.24) is 14.7 Å². The van der Waals surface area contributed by atoms with Crippen LogP contribution >= 0.6 is 11.3 Å². The predicted octanol–water partition coefficient (Wildman–Crippen LogP) is 1.31. The van der Waals surface area contributed by atoms with Crippen molar-refractivity contribution in [2.24, 2.45) is 7.05 Å².